The fraction of sp³-hybridized carbons (Fsp3) is 0.455. The minimum Gasteiger partial charge on any atom is -0.507 e. The predicted octanol–water partition coefficient (Wildman–Crippen LogP) is 2.18. The quantitative estimate of drug-likeness (QED) is 0.299. The molecule has 1 aromatic carbocycles. The number of aromatic amines is 1. The lowest BCUT2D eigenvalue weighted by Crippen LogP contribution is -2.40. The number of ether oxygens (including phenoxy) is 3. The van der Waals surface area contributed by atoms with Gasteiger partial charge in [-0.3, -0.25) is 20.1 Å². The molecule has 1 aliphatic rings. The first kappa shape index (κ1) is 24.8. The summed E-state index contributed by atoms with van der Waals surface area (Å²) in [6, 6.07) is 4.41. The van der Waals surface area contributed by atoms with Crippen LogP contribution in [-0.2, 0) is 9.53 Å². The molecule has 2 aromatic rings. The van der Waals surface area contributed by atoms with Crippen LogP contribution in [-0.4, -0.2) is 72.0 Å². The summed E-state index contributed by atoms with van der Waals surface area (Å²) in [5.41, 5.74) is 3.38. The van der Waals surface area contributed by atoms with Gasteiger partial charge in [0.05, 0.1) is 12.7 Å². The molecular weight excluding hydrogens is 446 g/mol. The number of nitrogens with one attached hydrogen (secondary N) is 3. The summed E-state index contributed by atoms with van der Waals surface area (Å²) in [5.74, 6) is -0.0672. The smallest absolute Gasteiger partial charge is 0.422 e. The summed E-state index contributed by atoms with van der Waals surface area (Å²) >= 11 is 0. The van der Waals surface area contributed by atoms with Gasteiger partial charge in [0.2, 0.25) is 0 Å². The van der Waals surface area contributed by atoms with Gasteiger partial charge in [0.25, 0.3) is 5.91 Å². The Labute approximate surface area is 196 Å². The van der Waals surface area contributed by atoms with Crippen LogP contribution in [0.5, 0.6) is 17.2 Å². The van der Waals surface area contributed by atoms with Crippen LogP contribution in [0, 0.1) is 0 Å². The van der Waals surface area contributed by atoms with Gasteiger partial charge in [0, 0.05) is 43.4 Å². The molecule has 2 atom stereocenters. The number of methoxy groups -OCH3 is 1. The molecule has 3 rings (SSSR count). The lowest BCUT2D eigenvalue weighted by atomic mass is 10.0. The van der Waals surface area contributed by atoms with E-state index in [-0.39, 0.29) is 34.8 Å². The van der Waals surface area contributed by atoms with E-state index in [2.05, 4.69) is 20.9 Å². The second-order valence-corrected chi connectivity index (χ2v) is 7.88. The molecule has 2 amide bonds. The first-order valence-corrected chi connectivity index (χ1v) is 10.8. The number of hydrazine groups is 1. The van der Waals surface area contributed by atoms with Crippen molar-refractivity contribution in [3.63, 3.8) is 0 Å². The Kier molecular flexibility index (Phi) is 8.30. The molecule has 1 aliphatic carbocycles. The van der Waals surface area contributed by atoms with Crippen LogP contribution in [0.4, 0.5) is 10.6 Å². The number of benzene rings is 1. The van der Waals surface area contributed by atoms with E-state index in [1.807, 2.05) is 6.92 Å². The van der Waals surface area contributed by atoms with Crippen molar-refractivity contribution in [1.82, 2.24) is 20.6 Å². The van der Waals surface area contributed by atoms with Crippen molar-refractivity contribution in [1.29, 1.82) is 0 Å². The highest BCUT2D eigenvalue weighted by Gasteiger charge is 2.30. The summed E-state index contributed by atoms with van der Waals surface area (Å²) in [4.78, 5) is 35.4. The number of amides is 2. The zero-order chi connectivity index (χ0) is 24.7. The molecule has 34 heavy (non-hydrogen) atoms. The summed E-state index contributed by atoms with van der Waals surface area (Å²) < 4.78 is 15.9. The van der Waals surface area contributed by atoms with Crippen LogP contribution >= 0.6 is 0 Å². The maximum atomic E-state index is 12.3. The Morgan fingerprint density at radius 1 is 1.32 bits per heavy atom. The van der Waals surface area contributed by atoms with Crippen molar-refractivity contribution < 1.29 is 33.7 Å². The summed E-state index contributed by atoms with van der Waals surface area (Å²) in [5, 5.41) is 21.2. The van der Waals surface area contributed by atoms with Gasteiger partial charge in [-0.15, -0.1) is 0 Å². The van der Waals surface area contributed by atoms with Gasteiger partial charge in [-0.05, 0) is 19.3 Å². The van der Waals surface area contributed by atoms with Crippen molar-refractivity contribution in [2.24, 2.45) is 0 Å². The molecule has 1 fully saturated rings. The molecule has 1 saturated carbocycles. The third kappa shape index (κ3) is 6.38. The molecular formula is C22H29N5O7. The predicted molar refractivity (Wildman–Crippen MR) is 121 cm³/mol. The lowest BCUT2D eigenvalue weighted by Gasteiger charge is -2.18. The van der Waals surface area contributed by atoms with Crippen LogP contribution in [0.3, 0.4) is 0 Å². The maximum Gasteiger partial charge on any atom is 0.422 e. The number of nitrogens with zero attached hydrogens (tertiary/aromatic N) is 2. The molecule has 4 N–H and O–H groups in total. The number of rotatable bonds is 10. The molecule has 0 aliphatic heterocycles. The number of H-pyrrole nitrogens is 1. The Morgan fingerprint density at radius 3 is 2.82 bits per heavy atom. The Morgan fingerprint density at radius 2 is 2.12 bits per heavy atom. The van der Waals surface area contributed by atoms with E-state index in [0.717, 1.165) is 18.5 Å². The highest BCUT2D eigenvalue weighted by Crippen LogP contribution is 2.36. The van der Waals surface area contributed by atoms with Crippen LogP contribution in [0.25, 0.3) is 0 Å². The Bertz CT molecular complexity index is 1030. The molecule has 1 aromatic heterocycles. The number of hydrogen-bond acceptors (Lipinski definition) is 9. The first-order chi connectivity index (χ1) is 16.3. The van der Waals surface area contributed by atoms with Gasteiger partial charge >= 0.3 is 6.09 Å². The summed E-state index contributed by atoms with van der Waals surface area (Å²) in [6.45, 7) is 2.17. The van der Waals surface area contributed by atoms with Crippen LogP contribution in [0.1, 0.15) is 48.2 Å². The highest BCUT2D eigenvalue weighted by atomic mass is 16.6. The average Bonchev–Trinajstić information content (AvgIpc) is 3.46. The van der Waals surface area contributed by atoms with Crippen molar-refractivity contribution in [2.45, 2.75) is 38.2 Å². The van der Waals surface area contributed by atoms with Gasteiger partial charge in [-0.1, -0.05) is 6.92 Å². The fourth-order valence-electron chi connectivity index (χ4n) is 3.62. The number of phenols is 1. The number of aromatic hydroxyl groups is 1. The zero-order valence-corrected chi connectivity index (χ0v) is 19.3. The summed E-state index contributed by atoms with van der Waals surface area (Å²) in [7, 11) is 3.16. The zero-order valence-electron chi connectivity index (χ0n) is 19.3. The van der Waals surface area contributed by atoms with Gasteiger partial charge < -0.3 is 24.6 Å². The van der Waals surface area contributed by atoms with Gasteiger partial charge in [-0.2, -0.15) is 5.10 Å². The summed E-state index contributed by atoms with van der Waals surface area (Å²) in [6.07, 6.45) is 1.95. The number of hydrogen-bond donors (Lipinski definition) is 4. The van der Waals surface area contributed by atoms with Gasteiger partial charge in [-0.25, -0.2) is 9.80 Å². The van der Waals surface area contributed by atoms with Crippen LogP contribution in [0.2, 0.25) is 0 Å². The third-order valence-corrected chi connectivity index (χ3v) is 5.53. The molecule has 0 bridgehead atoms. The molecule has 0 radical (unpaired) electrons. The van der Waals surface area contributed by atoms with Crippen molar-refractivity contribution >= 4 is 24.1 Å². The second-order valence-electron chi connectivity index (χ2n) is 7.88. The lowest BCUT2D eigenvalue weighted by molar-refractivity contribution is -0.118. The Balaban J connectivity index is 1.51. The minimum atomic E-state index is -0.499. The van der Waals surface area contributed by atoms with Crippen molar-refractivity contribution in [3.8, 4) is 17.2 Å². The molecule has 1 unspecified atom stereocenters. The van der Waals surface area contributed by atoms with Crippen LogP contribution in [0.15, 0.2) is 18.2 Å². The molecule has 184 valence electrons. The number of carbonyl (C=O) groups excluding carboxylic acids is 3. The molecule has 12 nitrogen and oxygen atoms in total. The Hall–Kier alpha value is -3.80. The van der Waals surface area contributed by atoms with Gasteiger partial charge in [0.15, 0.2) is 18.7 Å². The van der Waals surface area contributed by atoms with E-state index in [1.165, 1.54) is 19.2 Å². The third-order valence-electron chi connectivity index (χ3n) is 5.53. The van der Waals surface area contributed by atoms with Crippen LogP contribution < -0.4 is 20.2 Å². The molecule has 0 saturated heterocycles. The topological polar surface area (TPSA) is 155 Å². The SMILES string of the molecule is CCN(C)NC(=O)O[C@@H]1CCC(c2cc(NC(=O)COc3cc(OC)cc(O)c3C=O)n[nH]2)C1. The number of anilines is 1. The van der Waals surface area contributed by atoms with Crippen molar-refractivity contribution in [3.05, 3.63) is 29.5 Å². The standard InChI is InChI=1S/C22H29N5O7/c1-4-27(2)26-22(31)34-14-6-5-13(7-14)17-10-20(25-24-17)23-21(30)12-33-19-9-15(32-3)8-18(29)16(19)11-28/h8-11,13-14,29H,4-7,12H2,1-3H3,(H,26,31)(H2,23,24,25,30)/t13?,14-/m1/s1. The van der Waals surface area contributed by atoms with E-state index in [9.17, 15) is 19.5 Å². The van der Waals surface area contributed by atoms with Gasteiger partial charge in [0.1, 0.15) is 23.4 Å². The maximum absolute atomic E-state index is 12.3. The van der Waals surface area contributed by atoms with E-state index in [0.29, 0.717) is 25.1 Å². The average molecular weight is 476 g/mol. The van der Waals surface area contributed by atoms with E-state index in [4.69, 9.17) is 14.2 Å². The number of carbonyl (C=O) groups is 3. The monoisotopic (exact) mass is 475 g/mol. The number of aromatic nitrogens is 2. The highest BCUT2D eigenvalue weighted by molar-refractivity contribution is 5.91. The number of phenolic OH excluding ortho intramolecular Hbond substituents is 1. The van der Waals surface area contributed by atoms with E-state index >= 15 is 0 Å². The minimum absolute atomic E-state index is 0.0240. The van der Waals surface area contributed by atoms with E-state index in [1.54, 1.807) is 18.1 Å². The first-order valence-electron chi connectivity index (χ1n) is 10.8. The molecule has 1 heterocycles. The second kappa shape index (κ2) is 11.4. The fourth-order valence-corrected chi connectivity index (χ4v) is 3.62. The normalized spacial score (nSPS) is 17.3. The van der Waals surface area contributed by atoms with E-state index < -0.39 is 18.6 Å². The number of aldehydes is 1. The van der Waals surface area contributed by atoms with Crippen molar-refractivity contribution in [2.75, 3.05) is 32.6 Å². The molecule has 12 heteroatoms. The largest absolute Gasteiger partial charge is 0.507 e. The molecule has 0 spiro atoms.